The molecule has 3 atom stereocenters. The van der Waals surface area contributed by atoms with Crippen LogP contribution in [0.25, 0.3) is 0 Å². The van der Waals surface area contributed by atoms with Gasteiger partial charge in [-0.3, -0.25) is 0 Å². The van der Waals surface area contributed by atoms with E-state index in [1.165, 1.54) is 6.08 Å². The van der Waals surface area contributed by atoms with Gasteiger partial charge in [0.15, 0.2) is 6.29 Å². The number of rotatable bonds is 7. The van der Waals surface area contributed by atoms with Crippen LogP contribution in [0.2, 0.25) is 0 Å². The zero-order chi connectivity index (χ0) is 18.2. The molecule has 0 aliphatic heterocycles. The quantitative estimate of drug-likeness (QED) is 0.262. The number of hydrogen-bond donors (Lipinski definition) is 0. The molecule has 0 aromatic heterocycles. The van der Waals surface area contributed by atoms with Gasteiger partial charge in [0, 0.05) is 12.0 Å². The molecule has 0 aromatic carbocycles. The number of alkyl halides is 6. The molecule has 2 bridgehead atoms. The summed E-state index contributed by atoms with van der Waals surface area (Å²) in [6.07, 6.45) is -9.16. The van der Waals surface area contributed by atoms with Gasteiger partial charge in [-0.25, -0.2) is 0 Å². The molecular weight excluding hydrogens is 338 g/mol. The van der Waals surface area contributed by atoms with E-state index < -0.39 is 29.7 Å². The predicted octanol–water partition coefficient (Wildman–Crippen LogP) is 5.39. The maximum absolute atomic E-state index is 13.8. The molecule has 1 saturated carbocycles. The van der Waals surface area contributed by atoms with Crippen molar-refractivity contribution in [2.24, 2.45) is 11.3 Å². The molecule has 0 saturated heterocycles. The van der Waals surface area contributed by atoms with Gasteiger partial charge in [0.2, 0.25) is 0 Å². The third kappa shape index (κ3) is 3.07. The van der Waals surface area contributed by atoms with Crippen molar-refractivity contribution < 1.29 is 35.8 Å². The lowest BCUT2D eigenvalue weighted by Crippen LogP contribution is -2.68. The molecule has 2 nitrogen and oxygen atoms in total. The van der Waals surface area contributed by atoms with Crippen LogP contribution in [0.3, 0.4) is 0 Å². The number of fused-ring (bicyclic) bond motifs is 2. The van der Waals surface area contributed by atoms with E-state index >= 15 is 0 Å². The summed E-state index contributed by atoms with van der Waals surface area (Å²) in [6, 6.07) is 0. The van der Waals surface area contributed by atoms with E-state index in [-0.39, 0.29) is 25.4 Å². The summed E-state index contributed by atoms with van der Waals surface area (Å²) < 4.78 is 92.5. The van der Waals surface area contributed by atoms with Crippen molar-refractivity contribution in [1.82, 2.24) is 0 Å². The predicted molar refractivity (Wildman–Crippen MR) is 75.2 cm³/mol. The first-order chi connectivity index (χ1) is 11.0. The van der Waals surface area contributed by atoms with Crippen LogP contribution in [0.4, 0.5) is 26.3 Å². The van der Waals surface area contributed by atoms with Crippen molar-refractivity contribution in [3.8, 4) is 0 Å². The zero-order valence-corrected chi connectivity index (χ0v) is 13.6. The van der Waals surface area contributed by atoms with E-state index in [2.05, 4.69) is 0 Å². The highest BCUT2D eigenvalue weighted by atomic mass is 19.4. The fourth-order valence-electron chi connectivity index (χ4n) is 3.84. The van der Waals surface area contributed by atoms with Crippen LogP contribution in [0.1, 0.15) is 46.0 Å². The van der Waals surface area contributed by atoms with Gasteiger partial charge in [0.1, 0.15) is 0 Å². The average Bonchev–Trinajstić information content (AvgIpc) is 3.04. The summed E-state index contributed by atoms with van der Waals surface area (Å²) in [6.45, 7) is 2.98. The van der Waals surface area contributed by atoms with Gasteiger partial charge < -0.3 is 9.47 Å². The van der Waals surface area contributed by atoms with Gasteiger partial charge >= 0.3 is 12.4 Å². The van der Waals surface area contributed by atoms with Crippen LogP contribution in [0.15, 0.2) is 12.2 Å². The van der Waals surface area contributed by atoms with Crippen molar-refractivity contribution in [2.45, 2.75) is 70.2 Å². The Hall–Kier alpha value is -0.760. The number of allylic oxidation sites excluding steroid dienone is 1. The second-order valence-corrected chi connectivity index (χ2v) is 6.60. The Morgan fingerprint density at radius 1 is 1.17 bits per heavy atom. The molecule has 24 heavy (non-hydrogen) atoms. The molecule has 0 spiro atoms. The van der Waals surface area contributed by atoms with Crippen LogP contribution in [-0.4, -0.2) is 30.9 Å². The molecule has 0 radical (unpaired) electrons. The summed E-state index contributed by atoms with van der Waals surface area (Å²) in [5.41, 5.74) is -6.36. The van der Waals surface area contributed by atoms with E-state index in [1.807, 2.05) is 6.92 Å². The summed E-state index contributed by atoms with van der Waals surface area (Å²) in [7, 11) is 0. The van der Waals surface area contributed by atoms with Gasteiger partial charge in [-0.15, -0.1) is 0 Å². The lowest BCUT2D eigenvalue weighted by atomic mass is 9.69. The minimum Gasteiger partial charge on any atom is -0.353 e. The molecule has 0 N–H and O–H groups in total. The Morgan fingerprint density at radius 3 is 2.17 bits per heavy atom. The van der Waals surface area contributed by atoms with Crippen molar-refractivity contribution >= 4 is 0 Å². The van der Waals surface area contributed by atoms with E-state index in [4.69, 9.17) is 9.47 Å². The highest BCUT2D eigenvalue weighted by Gasteiger charge is 2.82. The summed E-state index contributed by atoms with van der Waals surface area (Å²) in [4.78, 5) is 0. The van der Waals surface area contributed by atoms with Gasteiger partial charge in [0.05, 0.1) is 0 Å². The minimum atomic E-state index is -5.60. The van der Waals surface area contributed by atoms with Crippen molar-refractivity contribution in [3.05, 3.63) is 12.2 Å². The second kappa shape index (κ2) is 6.52. The fraction of sp³-hybridized carbons (Fsp3) is 0.875. The fourth-order valence-corrected chi connectivity index (χ4v) is 3.84. The SMILES string of the molecule is CCCCOC(C)OC(C(F)(F)F)(C(F)(F)F)C12C=CC(CC1)C2. The third-order valence-electron chi connectivity index (χ3n) is 4.97. The Labute approximate surface area is 137 Å². The first-order valence-electron chi connectivity index (χ1n) is 8.11. The third-order valence-corrected chi connectivity index (χ3v) is 4.97. The van der Waals surface area contributed by atoms with Crippen LogP contribution < -0.4 is 0 Å². The molecule has 2 aliphatic rings. The van der Waals surface area contributed by atoms with E-state index in [1.54, 1.807) is 0 Å². The van der Waals surface area contributed by atoms with Crippen LogP contribution >= 0.6 is 0 Å². The molecule has 2 rings (SSSR count). The molecule has 1 fully saturated rings. The lowest BCUT2D eigenvalue weighted by Gasteiger charge is -2.48. The van der Waals surface area contributed by atoms with Crippen LogP contribution in [-0.2, 0) is 9.47 Å². The maximum atomic E-state index is 13.8. The number of hydrogen-bond acceptors (Lipinski definition) is 2. The molecular formula is C16H22F6O2. The van der Waals surface area contributed by atoms with Gasteiger partial charge in [-0.1, -0.05) is 25.5 Å². The summed E-state index contributed by atoms with van der Waals surface area (Å²) in [5.74, 6) is -0.256. The number of ether oxygens (including phenoxy) is 2. The molecule has 2 aliphatic carbocycles. The second-order valence-electron chi connectivity index (χ2n) is 6.60. The average molecular weight is 360 g/mol. The molecule has 0 amide bonds. The van der Waals surface area contributed by atoms with Crippen LogP contribution in [0, 0.1) is 11.3 Å². The normalized spacial score (nSPS) is 28.6. The first-order valence-corrected chi connectivity index (χ1v) is 8.11. The van der Waals surface area contributed by atoms with Crippen molar-refractivity contribution in [3.63, 3.8) is 0 Å². The first kappa shape index (κ1) is 19.6. The molecule has 8 heteroatoms. The van der Waals surface area contributed by atoms with Crippen LogP contribution in [0.5, 0.6) is 0 Å². The van der Waals surface area contributed by atoms with Crippen molar-refractivity contribution in [1.29, 1.82) is 0 Å². The van der Waals surface area contributed by atoms with E-state index in [0.717, 1.165) is 13.0 Å². The summed E-state index contributed by atoms with van der Waals surface area (Å²) in [5, 5.41) is 0. The highest BCUT2D eigenvalue weighted by molar-refractivity contribution is 5.26. The van der Waals surface area contributed by atoms with E-state index in [0.29, 0.717) is 19.3 Å². The Morgan fingerprint density at radius 2 is 1.79 bits per heavy atom. The Balaban J connectivity index is 2.39. The van der Waals surface area contributed by atoms with Gasteiger partial charge in [0.25, 0.3) is 5.60 Å². The topological polar surface area (TPSA) is 18.5 Å². The van der Waals surface area contributed by atoms with Crippen molar-refractivity contribution in [2.75, 3.05) is 6.61 Å². The van der Waals surface area contributed by atoms with Gasteiger partial charge in [-0.05, 0) is 38.5 Å². The summed E-state index contributed by atoms with van der Waals surface area (Å²) >= 11 is 0. The monoisotopic (exact) mass is 360 g/mol. The molecule has 0 aromatic rings. The highest BCUT2D eigenvalue weighted by Crippen LogP contribution is 2.65. The molecule has 140 valence electrons. The van der Waals surface area contributed by atoms with Gasteiger partial charge in [-0.2, -0.15) is 26.3 Å². The zero-order valence-electron chi connectivity index (χ0n) is 13.6. The Kier molecular flexibility index (Phi) is 5.31. The minimum absolute atomic E-state index is 0.0505. The number of halogens is 6. The largest absolute Gasteiger partial charge is 0.427 e. The lowest BCUT2D eigenvalue weighted by molar-refractivity contribution is -0.433. The standard InChI is InChI=1S/C16H22F6O2/c1-3-4-9-23-11(2)24-14(15(17,18)19,16(20,21)22)13-7-5-12(10-13)6-8-13/h5,7,11-12H,3-4,6,8-10H2,1-2H3. The maximum Gasteiger partial charge on any atom is 0.427 e. The molecule has 0 heterocycles. The molecule has 3 unspecified atom stereocenters. The smallest absolute Gasteiger partial charge is 0.353 e. The number of unbranched alkanes of at least 4 members (excludes halogenated alkanes) is 1. The Bertz CT molecular complexity index is 456. The van der Waals surface area contributed by atoms with E-state index in [9.17, 15) is 26.3 Å².